The minimum Gasteiger partial charge on any atom is -0.404 e. The maximum Gasteiger partial charge on any atom is 0.527 e. The Kier molecular flexibility index (Phi) is 4.38. The summed E-state index contributed by atoms with van der Waals surface area (Å²) in [5, 5.41) is 0. The monoisotopic (exact) mass is 278 g/mol. The van der Waals surface area contributed by atoms with Crippen LogP contribution >= 0.6 is 7.82 Å². The first-order chi connectivity index (χ1) is 9.07. The third kappa shape index (κ3) is 4.21. The molecule has 5 heteroatoms. The highest BCUT2D eigenvalue weighted by Crippen LogP contribution is 2.45. The summed E-state index contributed by atoms with van der Waals surface area (Å²) < 4.78 is 21.8. The lowest BCUT2D eigenvalue weighted by molar-refractivity contribution is 0.195. The third-order valence-electron chi connectivity index (χ3n) is 2.54. The number of aryl methyl sites for hydroxylation is 1. The van der Waals surface area contributed by atoms with Crippen LogP contribution in [-0.4, -0.2) is 4.89 Å². The molecule has 0 spiro atoms. The first-order valence-electron chi connectivity index (χ1n) is 5.83. The number of phosphoric acid groups is 1. The van der Waals surface area contributed by atoms with E-state index in [1.807, 2.05) is 36.4 Å². The van der Waals surface area contributed by atoms with Crippen LogP contribution in [0.4, 0.5) is 0 Å². The molecule has 0 heterocycles. The lowest BCUT2D eigenvalue weighted by atomic mass is 10.2. The minimum absolute atomic E-state index is 0.0283. The number of benzene rings is 2. The van der Waals surface area contributed by atoms with Gasteiger partial charge in [0.05, 0.1) is 6.61 Å². The zero-order chi connectivity index (χ0) is 13.7. The molecular weight excluding hydrogens is 263 g/mol. The highest BCUT2D eigenvalue weighted by Gasteiger charge is 2.23. The van der Waals surface area contributed by atoms with Gasteiger partial charge in [0.15, 0.2) is 0 Å². The second-order valence-electron chi connectivity index (χ2n) is 4.08. The van der Waals surface area contributed by atoms with Gasteiger partial charge in [-0.3, -0.25) is 9.42 Å². The molecule has 1 N–H and O–H groups in total. The molecule has 4 nitrogen and oxygen atoms in total. The summed E-state index contributed by atoms with van der Waals surface area (Å²) in [6.45, 7) is 1.83. The van der Waals surface area contributed by atoms with Crippen LogP contribution in [0.3, 0.4) is 0 Å². The number of para-hydroxylation sites is 1. The molecule has 1 unspecified atom stereocenters. The van der Waals surface area contributed by atoms with E-state index in [0.717, 1.165) is 11.1 Å². The summed E-state index contributed by atoms with van der Waals surface area (Å²) >= 11 is 0. The summed E-state index contributed by atoms with van der Waals surface area (Å²) in [4.78, 5) is 9.66. The van der Waals surface area contributed by atoms with Crippen molar-refractivity contribution >= 4 is 7.82 Å². The standard InChI is InChI=1S/C14H15O4P/c1-12-7-5-6-10-14(12)18-19(15,16)17-11-13-8-3-2-4-9-13/h2-10H,11H2,1H3,(H,15,16). The van der Waals surface area contributed by atoms with Crippen LogP contribution in [0.1, 0.15) is 11.1 Å². The SMILES string of the molecule is Cc1ccccc1OP(=O)(O)OCc1ccccc1. The molecule has 0 saturated heterocycles. The molecule has 0 saturated carbocycles. The second-order valence-corrected chi connectivity index (χ2v) is 5.46. The molecule has 2 aromatic carbocycles. The first-order valence-corrected chi connectivity index (χ1v) is 7.33. The van der Waals surface area contributed by atoms with Crippen molar-refractivity contribution < 1.29 is 18.5 Å². The molecule has 0 aliphatic carbocycles. The van der Waals surface area contributed by atoms with Gasteiger partial charge in [0.25, 0.3) is 0 Å². The average molecular weight is 278 g/mol. The van der Waals surface area contributed by atoms with Gasteiger partial charge in [-0.2, -0.15) is 0 Å². The Morgan fingerprint density at radius 3 is 2.37 bits per heavy atom. The van der Waals surface area contributed by atoms with Crippen LogP contribution in [0.2, 0.25) is 0 Å². The van der Waals surface area contributed by atoms with E-state index in [1.165, 1.54) is 0 Å². The van der Waals surface area contributed by atoms with E-state index >= 15 is 0 Å². The Balaban J connectivity index is 1.99. The molecule has 2 aromatic rings. The fraction of sp³-hybridized carbons (Fsp3) is 0.143. The van der Waals surface area contributed by atoms with Gasteiger partial charge >= 0.3 is 7.82 Å². The van der Waals surface area contributed by atoms with Crippen LogP contribution in [0.5, 0.6) is 5.75 Å². The summed E-state index contributed by atoms with van der Waals surface area (Å²) in [7, 11) is -4.11. The molecule has 0 aliphatic heterocycles. The maximum atomic E-state index is 11.8. The van der Waals surface area contributed by atoms with Gasteiger partial charge in [-0.15, -0.1) is 0 Å². The highest BCUT2D eigenvalue weighted by molar-refractivity contribution is 7.47. The molecule has 0 aromatic heterocycles. The number of rotatable bonds is 5. The second kappa shape index (κ2) is 6.02. The highest BCUT2D eigenvalue weighted by atomic mass is 31.2. The predicted octanol–water partition coefficient (Wildman–Crippen LogP) is 3.69. The Morgan fingerprint density at radius 2 is 1.68 bits per heavy atom. The summed E-state index contributed by atoms with van der Waals surface area (Å²) in [5.41, 5.74) is 1.59. The van der Waals surface area contributed by atoms with Gasteiger partial charge in [0, 0.05) is 0 Å². The Hall–Kier alpha value is -1.61. The zero-order valence-electron chi connectivity index (χ0n) is 10.5. The van der Waals surface area contributed by atoms with Crippen molar-refractivity contribution in [2.75, 3.05) is 0 Å². The molecule has 0 radical (unpaired) electrons. The van der Waals surface area contributed by atoms with Gasteiger partial charge in [0.2, 0.25) is 0 Å². The molecule has 1 atom stereocenters. The van der Waals surface area contributed by atoms with Crippen molar-refractivity contribution in [3.05, 3.63) is 65.7 Å². The van der Waals surface area contributed by atoms with Crippen molar-refractivity contribution in [2.45, 2.75) is 13.5 Å². The van der Waals surface area contributed by atoms with E-state index < -0.39 is 7.82 Å². The fourth-order valence-corrected chi connectivity index (χ4v) is 2.36. The normalized spacial score (nSPS) is 13.8. The van der Waals surface area contributed by atoms with Crippen molar-refractivity contribution in [1.29, 1.82) is 0 Å². The van der Waals surface area contributed by atoms with Gasteiger partial charge in [0.1, 0.15) is 5.75 Å². The van der Waals surface area contributed by atoms with Crippen LogP contribution in [0, 0.1) is 6.92 Å². The quantitative estimate of drug-likeness (QED) is 0.847. The fourth-order valence-electron chi connectivity index (χ4n) is 1.54. The van der Waals surface area contributed by atoms with Gasteiger partial charge < -0.3 is 4.52 Å². The third-order valence-corrected chi connectivity index (χ3v) is 3.43. The van der Waals surface area contributed by atoms with E-state index in [2.05, 4.69) is 0 Å². The molecule has 19 heavy (non-hydrogen) atoms. The lowest BCUT2D eigenvalue weighted by Crippen LogP contribution is -1.99. The smallest absolute Gasteiger partial charge is 0.404 e. The van der Waals surface area contributed by atoms with Gasteiger partial charge in [-0.05, 0) is 24.1 Å². The zero-order valence-corrected chi connectivity index (χ0v) is 11.4. The van der Waals surface area contributed by atoms with E-state index in [0.29, 0.717) is 5.75 Å². The molecule has 0 bridgehead atoms. The molecular formula is C14H15O4P. The average Bonchev–Trinajstić information content (AvgIpc) is 2.40. The Morgan fingerprint density at radius 1 is 1.05 bits per heavy atom. The van der Waals surface area contributed by atoms with Gasteiger partial charge in [-0.1, -0.05) is 48.5 Å². The van der Waals surface area contributed by atoms with Gasteiger partial charge in [-0.25, -0.2) is 4.57 Å². The van der Waals surface area contributed by atoms with E-state index in [1.54, 1.807) is 25.1 Å². The number of hydrogen-bond donors (Lipinski definition) is 1. The van der Waals surface area contributed by atoms with E-state index in [9.17, 15) is 9.46 Å². The maximum absolute atomic E-state index is 11.8. The van der Waals surface area contributed by atoms with E-state index in [-0.39, 0.29) is 6.61 Å². The summed E-state index contributed by atoms with van der Waals surface area (Å²) in [6.07, 6.45) is 0. The number of phosphoric ester groups is 1. The lowest BCUT2D eigenvalue weighted by Gasteiger charge is -2.14. The van der Waals surface area contributed by atoms with Crippen LogP contribution < -0.4 is 4.52 Å². The van der Waals surface area contributed by atoms with Crippen LogP contribution in [0.25, 0.3) is 0 Å². The molecule has 0 amide bonds. The van der Waals surface area contributed by atoms with Crippen LogP contribution in [0.15, 0.2) is 54.6 Å². The van der Waals surface area contributed by atoms with Crippen molar-refractivity contribution in [3.63, 3.8) is 0 Å². The van der Waals surface area contributed by atoms with Crippen molar-refractivity contribution in [2.24, 2.45) is 0 Å². The molecule has 100 valence electrons. The van der Waals surface area contributed by atoms with Crippen LogP contribution in [-0.2, 0) is 15.7 Å². The molecule has 2 rings (SSSR count). The van der Waals surface area contributed by atoms with Crippen molar-refractivity contribution in [3.8, 4) is 5.75 Å². The Bertz CT molecular complexity index is 583. The molecule has 0 fully saturated rings. The molecule has 0 aliphatic rings. The Labute approximate surface area is 112 Å². The largest absolute Gasteiger partial charge is 0.527 e. The minimum atomic E-state index is -4.11. The summed E-state index contributed by atoms with van der Waals surface area (Å²) in [5.74, 6) is 0.349. The van der Waals surface area contributed by atoms with Crippen molar-refractivity contribution in [1.82, 2.24) is 0 Å². The first kappa shape index (κ1) is 13.8. The van der Waals surface area contributed by atoms with E-state index in [4.69, 9.17) is 9.05 Å². The summed E-state index contributed by atoms with van der Waals surface area (Å²) in [6, 6.07) is 16.2. The predicted molar refractivity (Wildman–Crippen MR) is 72.9 cm³/mol. The number of hydrogen-bond acceptors (Lipinski definition) is 3. The topological polar surface area (TPSA) is 55.8 Å².